The van der Waals surface area contributed by atoms with Crippen molar-refractivity contribution in [2.45, 2.75) is 18.9 Å². The molecule has 3 amide bonds. The summed E-state index contributed by atoms with van der Waals surface area (Å²) in [5.74, 6) is -0.425. The van der Waals surface area contributed by atoms with E-state index in [0.717, 1.165) is 27.4 Å². The fourth-order valence-corrected chi connectivity index (χ4v) is 4.43. The van der Waals surface area contributed by atoms with Crippen LogP contribution in [0, 0.1) is 0 Å². The molecule has 6 rings (SSSR count). The number of pyridine rings is 2. The second kappa shape index (κ2) is 6.36. The van der Waals surface area contributed by atoms with Gasteiger partial charge in [-0.2, -0.15) is 0 Å². The van der Waals surface area contributed by atoms with Gasteiger partial charge in [0, 0.05) is 35.0 Å². The number of nitrogens with one attached hydrogen (secondary N) is 3. The van der Waals surface area contributed by atoms with Gasteiger partial charge in [0.1, 0.15) is 11.9 Å². The van der Waals surface area contributed by atoms with Crippen LogP contribution < -0.4 is 15.5 Å². The molecule has 3 aromatic heterocycles. The number of nitrogens with zero attached hydrogens (tertiary/aromatic N) is 3. The lowest BCUT2D eigenvalue weighted by Gasteiger charge is -2.30. The van der Waals surface area contributed by atoms with Gasteiger partial charge >= 0.3 is 0 Å². The summed E-state index contributed by atoms with van der Waals surface area (Å²) < 4.78 is 0. The largest absolute Gasteiger partial charge is 0.358 e. The first-order valence-electron chi connectivity index (χ1n) is 9.89. The molecule has 5 heterocycles. The third-order valence-electron chi connectivity index (χ3n) is 5.86. The summed E-state index contributed by atoms with van der Waals surface area (Å²) in [5, 5.41) is 8.18. The highest BCUT2D eigenvalue weighted by Gasteiger charge is 2.41. The Balaban J connectivity index is 1.46. The summed E-state index contributed by atoms with van der Waals surface area (Å²) in [4.78, 5) is 50.5. The maximum absolute atomic E-state index is 13.2. The average molecular weight is 412 g/mol. The van der Waals surface area contributed by atoms with Gasteiger partial charge < -0.3 is 10.3 Å². The molecule has 1 fully saturated rings. The maximum atomic E-state index is 13.2. The third kappa shape index (κ3) is 2.53. The molecule has 1 aromatic carbocycles. The minimum Gasteiger partial charge on any atom is -0.358 e. The highest BCUT2D eigenvalue weighted by atomic mass is 16.2. The van der Waals surface area contributed by atoms with Crippen LogP contribution in [0.1, 0.15) is 23.2 Å². The number of H-pyrrole nitrogens is 1. The van der Waals surface area contributed by atoms with Gasteiger partial charge in [-0.25, -0.2) is 4.98 Å². The number of anilines is 3. The predicted octanol–water partition coefficient (Wildman–Crippen LogP) is 2.62. The molecule has 4 aromatic rings. The molecule has 2 aliphatic heterocycles. The molecule has 0 saturated carbocycles. The molecule has 0 radical (unpaired) electrons. The van der Waals surface area contributed by atoms with Gasteiger partial charge in [-0.15, -0.1) is 0 Å². The molecular weight excluding hydrogens is 396 g/mol. The van der Waals surface area contributed by atoms with Gasteiger partial charge in [0.05, 0.1) is 34.8 Å². The second-order valence-corrected chi connectivity index (χ2v) is 7.61. The third-order valence-corrected chi connectivity index (χ3v) is 5.86. The van der Waals surface area contributed by atoms with Crippen molar-refractivity contribution in [2.75, 3.05) is 10.2 Å². The first kappa shape index (κ1) is 17.6. The van der Waals surface area contributed by atoms with Crippen LogP contribution in [-0.2, 0) is 9.59 Å². The zero-order valence-electron chi connectivity index (χ0n) is 16.2. The second-order valence-electron chi connectivity index (χ2n) is 7.61. The topological polar surface area (TPSA) is 120 Å². The molecule has 0 bridgehead atoms. The number of hydrogen-bond acceptors (Lipinski definition) is 6. The smallest absolute Gasteiger partial charge is 0.259 e. The van der Waals surface area contributed by atoms with Crippen LogP contribution >= 0.6 is 0 Å². The lowest BCUT2D eigenvalue weighted by Crippen LogP contribution is -2.53. The lowest BCUT2D eigenvalue weighted by atomic mass is 10.0. The van der Waals surface area contributed by atoms with E-state index in [1.165, 1.54) is 4.90 Å². The van der Waals surface area contributed by atoms with E-state index in [0.29, 0.717) is 17.1 Å². The number of fused-ring (bicyclic) bond motifs is 1. The van der Waals surface area contributed by atoms with Gasteiger partial charge in [0.2, 0.25) is 11.8 Å². The Hall–Kier alpha value is -4.27. The number of imide groups is 1. The van der Waals surface area contributed by atoms with Gasteiger partial charge in [-0.05, 0) is 18.6 Å². The first-order chi connectivity index (χ1) is 15.1. The Morgan fingerprint density at radius 2 is 2.00 bits per heavy atom. The van der Waals surface area contributed by atoms with Crippen molar-refractivity contribution >= 4 is 56.6 Å². The standard InChI is InChI=1S/C22H16N6O3/c29-18-5-4-16(21(30)27-18)28-17-10-25-20(12-2-1-3-13(19(12)17)22(28)31)26-15-9-24-14-8-23-7-6-11(14)15/h1-3,6-10,16,24H,4-5H2,(H,25,26)(H,27,29,30). The summed E-state index contributed by atoms with van der Waals surface area (Å²) in [6.07, 6.45) is 7.41. The van der Waals surface area contributed by atoms with Crippen molar-refractivity contribution in [2.24, 2.45) is 0 Å². The number of piperidine rings is 1. The number of hydrogen-bond donors (Lipinski definition) is 3. The van der Waals surface area contributed by atoms with Gasteiger partial charge in [-0.3, -0.25) is 29.6 Å². The van der Waals surface area contributed by atoms with Gasteiger partial charge in [-0.1, -0.05) is 12.1 Å². The molecule has 1 atom stereocenters. The quantitative estimate of drug-likeness (QED) is 0.445. The Morgan fingerprint density at radius 3 is 2.87 bits per heavy atom. The molecule has 1 unspecified atom stereocenters. The number of aromatic nitrogens is 3. The minimum atomic E-state index is -0.734. The van der Waals surface area contributed by atoms with Crippen LogP contribution in [0.5, 0.6) is 0 Å². The Labute approximate surface area is 175 Å². The molecule has 9 nitrogen and oxygen atoms in total. The molecular formula is C22H16N6O3. The Kier molecular flexibility index (Phi) is 3.61. The van der Waals surface area contributed by atoms with Crippen LogP contribution in [0.15, 0.2) is 49.1 Å². The fourth-order valence-electron chi connectivity index (χ4n) is 4.43. The number of carbonyl (C=O) groups excluding carboxylic acids is 3. The first-order valence-corrected chi connectivity index (χ1v) is 9.89. The highest BCUT2D eigenvalue weighted by Crippen LogP contribution is 2.42. The van der Waals surface area contributed by atoms with E-state index in [1.54, 1.807) is 30.7 Å². The zero-order valence-corrected chi connectivity index (χ0v) is 16.2. The molecule has 0 aliphatic carbocycles. The van der Waals surface area contributed by atoms with Crippen LogP contribution in [0.4, 0.5) is 17.2 Å². The molecule has 9 heteroatoms. The van der Waals surface area contributed by atoms with Crippen LogP contribution in [0.3, 0.4) is 0 Å². The normalized spacial score (nSPS) is 18.1. The Bertz CT molecular complexity index is 1430. The van der Waals surface area contributed by atoms with Gasteiger partial charge in [0.15, 0.2) is 0 Å². The lowest BCUT2D eigenvalue weighted by molar-refractivity contribution is -0.134. The summed E-state index contributed by atoms with van der Waals surface area (Å²) >= 11 is 0. The number of carbonyl (C=O) groups is 3. The van der Waals surface area contributed by atoms with Crippen molar-refractivity contribution in [3.8, 4) is 0 Å². The summed E-state index contributed by atoms with van der Waals surface area (Å²) in [7, 11) is 0. The van der Waals surface area contributed by atoms with E-state index in [1.807, 2.05) is 18.3 Å². The van der Waals surface area contributed by atoms with Crippen molar-refractivity contribution in [3.05, 3.63) is 54.6 Å². The van der Waals surface area contributed by atoms with Crippen molar-refractivity contribution in [3.63, 3.8) is 0 Å². The molecule has 0 spiro atoms. The van der Waals surface area contributed by atoms with E-state index in [4.69, 9.17) is 0 Å². The number of amides is 3. The summed E-state index contributed by atoms with van der Waals surface area (Å²) in [6, 6.07) is 6.63. The average Bonchev–Trinajstić information content (AvgIpc) is 3.31. The SMILES string of the molecule is O=C1CCC(N2C(=O)c3cccc4c(Nc5c[nH]c6cnccc56)ncc2c34)C(=O)N1. The van der Waals surface area contributed by atoms with Crippen LogP contribution in [-0.4, -0.2) is 38.7 Å². The Morgan fingerprint density at radius 1 is 1.10 bits per heavy atom. The maximum Gasteiger partial charge on any atom is 0.259 e. The summed E-state index contributed by atoms with van der Waals surface area (Å²) in [6.45, 7) is 0. The zero-order chi connectivity index (χ0) is 21.1. The van der Waals surface area contributed by atoms with Crippen LogP contribution in [0.25, 0.3) is 21.7 Å². The van der Waals surface area contributed by atoms with E-state index >= 15 is 0 Å². The van der Waals surface area contributed by atoms with E-state index < -0.39 is 11.9 Å². The number of aromatic amines is 1. The molecule has 152 valence electrons. The van der Waals surface area contributed by atoms with Gasteiger partial charge in [0.25, 0.3) is 5.91 Å². The minimum absolute atomic E-state index is 0.197. The number of rotatable bonds is 3. The van der Waals surface area contributed by atoms with E-state index in [9.17, 15) is 14.4 Å². The summed E-state index contributed by atoms with van der Waals surface area (Å²) in [5.41, 5.74) is 2.84. The molecule has 1 saturated heterocycles. The van der Waals surface area contributed by atoms with E-state index in [-0.39, 0.29) is 24.7 Å². The van der Waals surface area contributed by atoms with E-state index in [2.05, 4.69) is 25.6 Å². The monoisotopic (exact) mass is 412 g/mol. The fraction of sp³-hybridized carbons (Fsp3) is 0.136. The van der Waals surface area contributed by atoms with Crippen LogP contribution in [0.2, 0.25) is 0 Å². The molecule has 2 aliphatic rings. The number of benzene rings is 1. The van der Waals surface area contributed by atoms with Crippen molar-refractivity contribution in [1.82, 2.24) is 20.3 Å². The highest BCUT2D eigenvalue weighted by molar-refractivity contribution is 6.28. The van der Waals surface area contributed by atoms with Crippen molar-refractivity contribution < 1.29 is 14.4 Å². The predicted molar refractivity (Wildman–Crippen MR) is 114 cm³/mol. The molecule has 31 heavy (non-hydrogen) atoms. The molecule has 3 N–H and O–H groups in total. The van der Waals surface area contributed by atoms with Crippen molar-refractivity contribution in [1.29, 1.82) is 0 Å².